The molecular formula is C19H36N4O. The highest BCUT2D eigenvalue weighted by molar-refractivity contribution is 5.80. The van der Waals surface area contributed by atoms with Crippen molar-refractivity contribution in [1.82, 2.24) is 15.1 Å². The summed E-state index contributed by atoms with van der Waals surface area (Å²) < 4.78 is 5.66. The van der Waals surface area contributed by atoms with E-state index < -0.39 is 0 Å². The molecule has 2 heterocycles. The quantitative estimate of drug-likeness (QED) is 0.618. The second kappa shape index (κ2) is 8.52. The maximum atomic E-state index is 5.66. The molecular weight excluding hydrogens is 300 g/mol. The Morgan fingerprint density at radius 1 is 1.29 bits per heavy atom. The molecule has 1 atom stereocenters. The van der Waals surface area contributed by atoms with Gasteiger partial charge in [0, 0.05) is 44.2 Å². The Labute approximate surface area is 147 Å². The molecule has 1 spiro atoms. The van der Waals surface area contributed by atoms with E-state index in [4.69, 9.17) is 9.73 Å². The number of likely N-dealkylation sites (tertiary alicyclic amines) is 1. The third-order valence-corrected chi connectivity index (χ3v) is 6.17. The number of hydrogen-bond acceptors (Lipinski definition) is 3. The molecule has 3 rings (SSSR count). The van der Waals surface area contributed by atoms with Gasteiger partial charge in [-0.1, -0.05) is 19.3 Å². The van der Waals surface area contributed by atoms with E-state index in [1.165, 1.54) is 44.9 Å². The summed E-state index contributed by atoms with van der Waals surface area (Å²) in [5.41, 5.74) is 0.398. The molecule has 0 amide bonds. The van der Waals surface area contributed by atoms with Crippen LogP contribution in [0.3, 0.4) is 0 Å². The van der Waals surface area contributed by atoms with Crippen molar-refractivity contribution >= 4 is 5.96 Å². The van der Waals surface area contributed by atoms with E-state index in [0.29, 0.717) is 5.41 Å². The van der Waals surface area contributed by atoms with E-state index in [1.807, 2.05) is 0 Å². The Morgan fingerprint density at radius 3 is 2.83 bits per heavy atom. The Balaban J connectivity index is 1.50. The van der Waals surface area contributed by atoms with Crippen molar-refractivity contribution in [3.8, 4) is 0 Å². The lowest BCUT2D eigenvalue weighted by molar-refractivity contribution is 0.156. The van der Waals surface area contributed by atoms with Crippen LogP contribution in [0.5, 0.6) is 0 Å². The smallest absolute Gasteiger partial charge is 0.193 e. The molecule has 2 aliphatic heterocycles. The molecule has 1 aliphatic carbocycles. The number of nitrogens with one attached hydrogen (secondary N) is 1. The molecule has 0 aromatic carbocycles. The normalized spacial score (nSPS) is 29.1. The zero-order valence-corrected chi connectivity index (χ0v) is 15.7. The molecule has 0 radical (unpaired) electrons. The Hall–Kier alpha value is -0.810. The molecule has 0 bridgehead atoms. The molecule has 1 N–H and O–H groups in total. The second-order valence-electron chi connectivity index (χ2n) is 7.98. The Bertz CT molecular complexity index is 414. The highest BCUT2D eigenvalue weighted by Gasteiger charge is 2.42. The van der Waals surface area contributed by atoms with Crippen molar-refractivity contribution in [2.45, 2.75) is 57.9 Å². The van der Waals surface area contributed by atoms with Crippen LogP contribution in [0, 0.1) is 5.41 Å². The summed E-state index contributed by atoms with van der Waals surface area (Å²) in [6, 6.07) is 0.780. The minimum atomic E-state index is 0.398. The third-order valence-electron chi connectivity index (χ3n) is 6.17. The highest BCUT2D eigenvalue weighted by Crippen LogP contribution is 2.38. The van der Waals surface area contributed by atoms with Crippen LogP contribution in [-0.2, 0) is 4.74 Å². The summed E-state index contributed by atoms with van der Waals surface area (Å²) in [7, 11) is 2.28. The number of nitrogens with zero attached hydrogens (tertiary/aromatic N) is 3. The van der Waals surface area contributed by atoms with Crippen LogP contribution < -0.4 is 5.32 Å². The zero-order valence-electron chi connectivity index (χ0n) is 15.7. The molecule has 3 aliphatic rings. The zero-order chi connectivity index (χ0) is 16.8. The summed E-state index contributed by atoms with van der Waals surface area (Å²) in [6.45, 7) is 9.18. The van der Waals surface area contributed by atoms with E-state index >= 15 is 0 Å². The van der Waals surface area contributed by atoms with Crippen molar-refractivity contribution in [3.05, 3.63) is 0 Å². The van der Waals surface area contributed by atoms with Gasteiger partial charge in [0.25, 0.3) is 0 Å². The van der Waals surface area contributed by atoms with E-state index in [2.05, 4.69) is 29.1 Å². The number of rotatable bonds is 5. The maximum absolute atomic E-state index is 5.66. The van der Waals surface area contributed by atoms with Gasteiger partial charge in [-0.15, -0.1) is 0 Å². The van der Waals surface area contributed by atoms with Gasteiger partial charge in [-0.2, -0.15) is 0 Å². The summed E-state index contributed by atoms with van der Waals surface area (Å²) in [5, 5.41) is 3.50. The standard InChI is InChI=1S/C19H36N4O/c1-3-20-18(23-12-9-19(15-23)10-14-24-16-19)21-11-13-22(2)17-7-5-4-6-8-17/h17H,3-16H2,1-2H3,(H,20,21). The van der Waals surface area contributed by atoms with Crippen LogP contribution in [0.2, 0.25) is 0 Å². The van der Waals surface area contributed by atoms with Gasteiger partial charge in [0.1, 0.15) is 0 Å². The van der Waals surface area contributed by atoms with Crippen LogP contribution in [0.15, 0.2) is 4.99 Å². The second-order valence-corrected chi connectivity index (χ2v) is 7.98. The molecule has 1 saturated carbocycles. The fourth-order valence-electron chi connectivity index (χ4n) is 4.53. The van der Waals surface area contributed by atoms with Crippen LogP contribution in [0.1, 0.15) is 51.9 Å². The minimum absolute atomic E-state index is 0.398. The summed E-state index contributed by atoms with van der Waals surface area (Å²) in [4.78, 5) is 9.92. The minimum Gasteiger partial charge on any atom is -0.381 e. The first-order valence-electron chi connectivity index (χ1n) is 10.0. The predicted molar refractivity (Wildman–Crippen MR) is 99.5 cm³/mol. The summed E-state index contributed by atoms with van der Waals surface area (Å²) in [5.74, 6) is 1.11. The van der Waals surface area contributed by atoms with Gasteiger partial charge in [-0.25, -0.2) is 0 Å². The van der Waals surface area contributed by atoms with Gasteiger partial charge in [0.2, 0.25) is 0 Å². The number of likely N-dealkylation sites (N-methyl/N-ethyl adjacent to an activating group) is 1. The van der Waals surface area contributed by atoms with E-state index in [-0.39, 0.29) is 0 Å². The number of guanidine groups is 1. The molecule has 5 nitrogen and oxygen atoms in total. The van der Waals surface area contributed by atoms with Gasteiger partial charge >= 0.3 is 0 Å². The van der Waals surface area contributed by atoms with Crippen LogP contribution in [0.4, 0.5) is 0 Å². The highest BCUT2D eigenvalue weighted by atomic mass is 16.5. The van der Waals surface area contributed by atoms with Gasteiger partial charge in [-0.05, 0) is 39.7 Å². The Morgan fingerprint density at radius 2 is 2.12 bits per heavy atom. The first-order valence-corrected chi connectivity index (χ1v) is 10.0. The predicted octanol–water partition coefficient (Wildman–Crippen LogP) is 2.33. The SMILES string of the molecule is CCNC(=NCCN(C)C1CCCCC1)N1CCC2(CCOC2)C1. The van der Waals surface area contributed by atoms with Crippen LogP contribution in [-0.4, -0.2) is 74.8 Å². The van der Waals surface area contributed by atoms with Crippen LogP contribution in [0.25, 0.3) is 0 Å². The average molecular weight is 337 g/mol. The number of ether oxygens (including phenoxy) is 1. The fourth-order valence-corrected chi connectivity index (χ4v) is 4.53. The van der Waals surface area contributed by atoms with Gasteiger partial charge < -0.3 is 19.9 Å². The molecule has 24 heavy (non-hydrogen) atoms. The molecule has 0 aromatic rings. The molecule has 0 aromatic heterocycles. The molecule has 1 unspecified atom stereocenters. The lowest BCUT2D eigenvalue weighted by atomic mass is 9.87. The first kappa shape index (κ1) is 18.0. The molecule has 3 fully saturated rings. The fraction of sp³-hybridized carbons (Fsp3) is 0.947. The molecule has 5 heteroatoms. The third kappa shape index (κ3) is 4.42. The van der Waals surface area contributed by atoms with E-state index in [0.717, 1.165) is 57.9 Å². The monoisotopic (exact) mass is 336 g/mol. The summed E-state index contributed by atoms with van der Waals surface area (Å²) >= 11 is 0. The first-order chi connectivity index (χ1) is 11.7. The van der Waals surface area contributed by atoms with E-state index in [1.54, 1.807) is 0 Å². The van der Waals surface area contributed by atoms with Gasteiger partial charge in [-0.3, -0.25) is 4.99 Å². The van der Waals surface area contributed by atoms with Crippen molar-refractivity contribution < 1.29 is 4.74 Å². The molecule has 2 saturated heterocycles. The van der Waals surface area contributed by atoms with Gasteiger partial charge in [0.15, 0.2) is 5.96 Å². The number of hydrogen-bond donors (Lipinski definition) is 1. The topological polar surface area (TPSA) is 40.1 Å². The van der Waals surface area contributed by atoms with Crippen molar-refractivity contribution in [3.63, 3.8) is 0 Å². The summed E-state index contributed by atoms with van der Waals surface area (Å²) in [6.07, 6.45) is 9.43. The van der Waals surface area contributed by atoms with Crippen LogP contribution >= 0.6 is 0 Å². The van der Waals surface area contributed by atoms with E-state index in [9.17, 15) is 0 Å². The molecule has 138 valence electrons. The lowest BCUT2D eigenvalue weighted by Crippen LogP contribution is -2.42. The largest absolute Gasteiger partial charge is 0.381 e. The lowest BCUT2D eigenvalue weighted by Gasteiger charge is -2.31. The number of aliphatic imine (C=N–C) groups is 1. The van der Waals surface area contributed by atoms with Crippen molar-refractivity contribution in [1.29, 1.82) is 0 Å². The average Bonchev–Trinajstić information content (AvgIpc) is 3.25. The van der Waals surface area contributed by atoms with Crippen molar-refractivity contribution in [2.75, 3.05) is 53.0 Å². The maximum Gasteiger partial charge on any atom is 0.193 e. The van der Waals surface area contributed by atoms with Gasteiger partial charge in [0.05, 0.1) is 13.2 Å². The van der Waals surface area contributed by atoms with Crippen molar-refractivity contribution in [2.24, 2.45) is 10.4 Å². The Kier molecular flexibility index (Phi) is 6.39.